The maximum Gasteiger partial charge on any atom is 0.129 e. The topological polar surface area (TPSA) is 32.7 Å². The molecule has 4 heteroatoms. The predicted octanol–water partition coefficient (Wildman–Crippen LogP) is 3.85. The lowest BCUT2D eigenvalue weighted by molar-refractivity contribution is -0.0113. The van der Waals surface area contributed by atoms with Gasteiger partial charge in [-0.05, 0) is 37.0 Å². The quantitative estimate of drug-likeness (QED) is 0.865. The fourth-order valence-corrected chi connectivity index (χ4v) is 3.33. The van der Waals surface area contributed by atoms with Gasteiger partial charge < -0.3 is 14.7 Å². The fraction of sp³-hybridized carbons (Fsp3) is 0.429. The Hall–Kier alpha value is -1.75. The van der Waals surface area contributed by atoms with Gasteiger partial charge in [-0.3, -0.25) is 0 Å². The molecule has 3 rings (SSSR count). The molecule has 0 spiro atoms. The van der Waals surface area contributed by atoms with Crippen molar-refractivity contribution < 1.29 is 14.2 Å². The number of aryl methyl sites for hydroxylation is 1. The standard InChI is InChI=1S/C21H26FNO2/c1-16-6-2-3-7-17(16)15-25-18-10-12-23(13-11-18)14-21(24)19-8-4-5-9-20(19)22/h2-9,18,21,24H,10-15H2,1H3. The first-order chi connectivity index (χ1) is 12.1. The van der Waals surface area contributed by atoms with Gasteiger partial charge in [-0.25, -0.2) is 4.39 Å². The van der Waals surface area contributed by atoms with Crippen LogP contribution in [0.3, 0.4) is 0 Å². The molecule has 1 saturated heterocycles. The van der Waals surface area contributed by atoms with Crippen molar-refractivity contribution in [2.75, 3.05) is 19.6 Å². The number of likely N-dealkylation sites (tertiary alicyclic amines) is 1. The van der Waals surface area contributed by atoms with Crippen molar-refractivity contribution in [1.82, 2.24) is 4.90 Å². The highest BCUT2D eigenvalue weighted by atomic mass is 19.1. The summed E-state index contributed by atoms with van der Waals surface area (Å²) in [5, 5.41) is 10.3. The number of rotatable bonds is 6. The van der Waals surface area contributed by atoms with Crippen molar-refractivity contribution in [2.24, 2.45) is 0 Å². The van der Waals surface area contributed by atoms with Crippen LogP contribution in [0.1, 0.15) is 35.6 Å². The van der Waals surface area contributed by atoms with Gasteiger partial charge >= 0.3 is 0 Å². The number of halogens is 1. The summed E-state index contributed by atoms with van der Waals surface area (Å²) >= 11 is 0. The van der Waals surface area contributed by atoms with Crippen LogP contribution in [0.4, 0.5) is 4.39 Å². The number of nitrogens with zero attached hydrogens (tertiary/aromatic N) is 1. The maximum absolute atomic E-state index is 13.8. The Balaban J connectivity index is 1.44. The Labute approximate surface area is 149 Å². The zero-order valence-corrected chi connectivity index (χ0v) is 14.7. The van der Waals surface area contributed by atoms with E-state index in [9.17, 15) is 9.50 Å². The van der Waals surface area contributed by atoms with E-state index < -0.39 is 6.10 Å². The molecule has 2 aromatic carbocycles. The van der Waals surface area contributed by atoms with Crippen molar-refractivity contribution in [1.29, 1.82) is 0 Å². The van der Waals surface area contributed by atoms with E-state index in [2.05, 4.69) is 24.0 Å². The molecule has 1 N–H and O–H groups in total. The first-order valence-electron chi connectivity index (χ1n) is 8.94. The van der Waals surface area contributed by atoms with Crippen LogP contribution in [0.5, 0.6) is 0 Å². The van der Waals surface area contributed by atoms with Crippen LogP contribution in [0.15, 0.2) is 48.5 Å². The number of benzene rings is 2. The van der Waals surface area contributed by atoms with Gasteiger partial charge in [0.1, 0.15) is 5.82 Å². The molecule has 1 aliphatic rings. The summed E-state index contributed by atoms with van der Waals surface area (Å²) in [6, 6.07) is 14.7. The van der Waals surface area contributed by atoms with Gasteiger partial charge in [0.25, 0.3) is 0 Å². The van der Waals surface area contributed by atoms with Crippen molar-refractivity contribution >= 4 is 0 Å². The largest absolute Gasteiger partial charge is 0.387 e. The average Bonchev–Trinajstić information content (AvgIpc) is 2.62. The van der Waals surface area contributed by atoms with Crippen molar-refractivity contribution in [3.63, 3.8) is 0 Å². The molecular weight excluding hydrogens is 317 g/mol. The van der Waals surface area contributed by atoms with E-state index in [0.29, 0.717) is 18.7 Å². The second-order valence-corrected chi connectivity index (χ2v) is 6.77. The van der Waals surface area contributed by atoms with Gasteiger partial charge in [-0.1, -0.05) is 42.5 Å². The van der Waals surface area contributed by atoms with E-state index in [4.69, 9.17) is 4.74 Å². The third kappa shape index (κ3) is 4.88. The summed E-state index contributed by atoms with van der Waals surface area (Å²) in [4.78, 5) is 2.19. The van der Waals surface area contributed by atoms with Crippen LogP contribution < -0.4 is 0 Å². The number of hydrogen-bond acceptors (Lipinski definition) is 3. The lowest BCUT2D eigenvalue weighted by Crippen LogP contribution is -2.39. The van der Waals surface area contributed by atoms with Gasteiger partial charge in [0.15, 0.2) is 0 Å². The molecule has 0 amide bonds. The van der Waals surface area contributed by atoms with E-state index in [1.807, 2.05) is 12.1 Å². The van der Waals surface area contributed by atoms with Gasteiger partial charge in [0.05, 0.1) is 18.8 Å². The summed E-state index contributed by atoms with van der Waals surface area (Å²) in [6.45, 7) is 4.94. The van der Waals surface area contributed by atoms with Crippen molar-refractivity contribution in [3.8, 4) is 0 Å². The second kappa shape index (κ2) is 8.56. The molecule has 2 aromatic rings. The maximum atomic E-state index is 13.8. The number of hydrogen-bond donors (Lipinski definition) is 1. The normalized spacial score (nSPS) is 17.6. The van der Waals surface area contributed by atoms with Crippen molar-refractivity contribution in [2.45, 2.75) is 38.6 Å². The minimum Gasteiger partial charge on any atom is -0.387 e. The molecule has 1 fully saturated rings. The molecule has 0 saturated carbocycles. The van der Waals surface area contributed by atoms with Crippen LogP contribution in [0, 0.1) is 12.7 Å². The van der Waals surface area contributed by atoms with E-state index >= 15 is 0 Å². The smallest absolute Gasteiger partial charge is 0.129 e. The number of β-amino-alcohol motifs (C(OH)–C–C–N with tert-alkyl or cyclic N) is 1. The van der Waals surface area contributed by atoms with Crippen molar-refractivity contribution in [3.05, 3.63) is 71.0 Å². The van der Waals surface area contributed by atoms with E-state index in [0.717, 1.165) is 25.9 Å². The Morgan fingerprint density at radius 2 is 1.80 bits per heavy atom. The number of aliphatic hydroxyl groups excluding tert-OH is 1. The lowest BCUT2D eigenvalue weighted by atomic mass is 10.0. The molecule has 0 radical (unpaired) electrons. The van der Waals surface area contributed by atoms with Crippen LogP contribution in [-0.2, 0) is 11.3 Å². The lowest BCUT2D eigenvalue weighted by Gasteiger charge is -2.33. The molecule has 1 atom stereocenters. The van der Waals surface area contributed by atoms with Gasteiger partial charge in [0.2, 0.25) is 0 Å². The van der Waals surface area contributed by atoms with Crippen LogP contribution >= 0.6 is 0 Å². The highest BCUT2D eigenvalue weighted by Crippen LogP contribution is 2.21. The van der Waals surface area contributed by atoms with Gasteiger partial charge in [0, 0.05) is 25.2 Å². The fourth-order valence-electron chi connectivity index (χ4n) is 3.33. The predicted molar refractivity (Wildman–Crippen MR) is 96.8 cm³/mol. The molecule has 3 nitrogen and oxygen atoms in total. The monoisotopic (exact) mass is 343 g/mol. The summed E-state index contributed by atoms with van der Waals surface area (Å²) < 4.78 is 19.8. The molecule has 1 aliphatic heterocycles. The first-order valence-corrected chi connectivity index (χ1v) is 8.94. The molecule has 134 valence electrons. The molecule has 1 heterocycles. The zero-order chi connectivity index (χ0) is 17.6. The van der Waals surface area contributed by atoms with Gasteiger partial charge in [-0.2, -0.15) is 0 Å². The molecular formula is C21H26FNO2. The van der Waals surface area contributed by atoms with E-state index in [-0.39, 0.29) is 11.9 Å². The molecule has 0 bridgehead atoms. The van der Waals surface area contributed by atoms with E-state index in [1.54, 1.807) is 18.2 Å². The summed E-state index contributed by atoms with van der Waals surface area (Å²) in [6.07, 6.45) is 1.35. The Kier molecular flexibility index (Phi) is 6.19. The Morgan fingerprint density at radius 1 is 1.12 bits per heavy atom. The van der Waals surface area contributed by atoms with E-state index in [1.165, 1.54) is 17.2 Å². The molecule has 0 aromatic heterocycles. The van der Waals surface area contributed by atoms with Crippen LogP contribution in [0.2, 0.25) is 0 Å². The highest BCUT2D eigenvalue weighted by molar-refractivity contribution is 5.24. The minimum absolute atomic E-state index is 0.251. The number of piperidine rings is 1. The van der Waals surface area contributed by atoms with Crippen LogP contribution in [-0.4, -0.2) is 35.7 Å². The third-order valence-electron chi connectivity index (χ3n) is 4.97. The SMILES string of the molecule is Cc1ccccc1COC1CCN(CC(O)c2ccccc2F)CC1. The first kappa shape index (κ1) is 18.1. The highest BCUT2D eigenvalue weighted by Gasteiger charge is 2.23. The second-order valence-electron chi connectivity index (χ2n) is 6.77. The molecule has 1 unspecified atom stereocenters. The van der Waals surface area contributed by atoms with Crippen LogP contribution in [0.25, 0.3) is 0 Å². The summed E-state index contributed by atoms with van der Waals surface area (Å²) in [5.74, 6) is -0.341. The minimum atomic E-state index is -0.786. The number of aliphatic hydroxyl groups is 1. The molecule has 25 heavy (non-hydrogen) atoms. The molecule has 0 aliphatic carbocycles. The zero-order valence-electron chi connectivity index (χ0n) is 14.7. The Morgan fingerprint density at radius 3 is 2.52 bits per heavy atom. The average molecular weight is 343 g/mol. The Bertz CT molecular complexity index is 683. The van der Waals surface area contributed by atoms with Gasteiger partial charge in [-0.15, -0.1) is 0 Å². The summed E-state index contributed by atoms with van der Waals surface area (Å²) in [5.41, 5.74) is 2.87. The third-order valence-corrected chi connectivity index (χ3v) is 4.97. The summed E-state index contributed by atoms with van der Waals surface area (Å²) in [7, 11) is 0. The number of ether oxygens (including phenoxy) is 1.